The molecule has 0 atom stereocenters. The van der Waals surface area contributed by atoms with Crippen molar-refractivity contribution in [2.45, 2.75) is 36.8 Å². The van der Waals surface area contributed by atoms with Gasteiger partial charge in [0, 0.05) is 14.1 Å². The molecule has 0 bridgehead atoms. The van der Waals surface area contributed by atoms with E-state index in [1.807, 2.05) is 11.8 Å². The van der Waals surface area contributed by atoms with E-state index in [9.17, 15) is 0 Å². The predicted octanol–water partition coefficient (Wildman–Crippen LogP) is 3.84. The van der Waals surface area contributed by atoms with Gasteiger partial charge in [-0.25, -0.2) is 0 Å². The summed E-state index contributed by atoms with van der Waals surface area (Å²) in [4.78, 5) is 1.34. The Balaban J connectivity index is 2.95. The van der Waals surface area contributed by atoms with Crippen LogP contribution in [-0.2, 0) is 6.42 Å². The second-order valence-corrected chi connectivity index (χ2v) is 7.29. The molecule has 0 aliphatic carbocycles. The van der Waals surface area contributed by atoms with Gasteiger partial charge in [-0.05, 0) is 36.7 Å². The van der Waals surface area contributed by atoms with Crippen LogP contribution in [0, 0.1) is 0 Å². The Morgan fingerprint density at radius 1 is 1.33 bits per heavy atom. The van der Waals surface area contributed by atoms with Gasteiger partial charge in [-0.15, -0.1) is 11.8 Å². The SMILES string of the molecule is CC(C)(C)Sc1ccc(Br)cc1CCN. The summed E-state index contributed by atoms with van der Waals surface area (Å²) >= 11 is 5.40. The van der Waals surface area contributed by atoms with Crippen LogP contribution in [0.1, 0.15) is 26.3 Å². The van der Waals surface area contributed by atoms with Crippen LogP contribution in [0.25, 0.3) is 0 Å². The number of hydrogen-bond donors (Lipinski definition) is 1. The molecule has 0 saturated carbocycles. The van der Waals surface area contributed by atoms with Crippen molar-refractivity contribution in [1.29, 1.82) is 0 Å². The molecule has 1 aromatic carbocycles. The van der Waals surface area contributed by atoms with Crippen LogP contribution >= 0.6 is 27.7 Å². The summed E-state index contributed by atoms with van der Waals surface area (Å²) in [6.45, 7) is 7.39. The Morgan fingerprint density at radius 3 is 2.53 bits per heavy atom. The first-order chi connectivity index (χ1) is 6.92. The van der Waals surface area contributed by atoms with Crippen molar-refractivity contribution in [3.8, 4) is 0 Å². The molecule has 1 nitrogen and oxygen atoms in total. The smallest absolute Gasteiger partial charge is 0.0178 e. The molecule has 0 saturated heterocycles. The number of halogens is 1. The predicted molar refractivity (Wildman–Crippen MR) is 72.5 cm³/mol. The van der Waals surface area contributed by atoms with E-state index in [-0.39, 0.29) is 4.75 Å². The maximum atomic E-state index is 5.62. The Hall–Kier alpha value is 0.01000. The topological polar surface area (TPSA) is 26.0 Å². The zero-order chi connectivity index (χ0) is 11.5. The third kappa shape index (κ3) is 4.58. The molecule has 84 valence electrons. The maximum absolute atomic E-state index is 5.62. The van der Waals surface area contributed by atoms with Crippen molar-refractivity contribution in [2.75, 3.05) is 6.54 Å². The Bertz CT molecular complexity index is 331. The molecule has 0 amide bonds. The summed E-state index contributed by atoms with van der Waals surface area (Å²) in [5.41, 5.74) is 6.96. The second kappa shape index (κ2) is 5.37. The molecule has 0 fully saturated rings. The van der Waals surface area contributed by atoms with E-state index in [1.54, 1.807) is 0 Å². The molecular weight excluding hydrogens is 270 g/mol. The van der Waals surface area contributed by atoms with Crippen molar-refractivity contribution in [3.05, 3.63) is 28.2 Å². The average Bonchev–Trinajstić information content (AvgIpc) is 2.08. The zero-order valence-electron chi connectivity index (χ0n) is 9.51. The minimum Gasteiger partial charge on any atom is -0.330 e. The highest BCUT2D eigenvalue weighted by molar-refractivity contribution is 9.10. The minimum absolute atomic E-state index is 0.247. The fourth-order valence-electron chi connectivity index (χ4n) is 1.33. The largest absolute Gasteiger partial charge is 0.330 e. The molecule has 1 rings (SSSR count). The molecule has 0 aliphatic heterocycles. The van der Waals surface area contributed by atoms with Crippen LogP contribution in [-0.4, -0.2) is 11.3 Å². The molecule has 0 unspecified atom stereocenters. The molecule has 0 spiro atoms. The zero-order valence-corrected chi connectivity index (χ0v) is 11.9. The maximum Gasteiger partial charge on any atom is 0.0178 e. The molecule has 15 heavy (non-hydrogen) atoms. The van der Waals surface area contributed by atoms with Crippen LogP contribution in [0.15, 0.2) is 27.6 Å². The number of hydrogen-bond acceptors (Lipinski definition) is 2. The summed E-state index contributed by atoms with van der Waals surface area (Å²) in [6.07, 6.45) is 0.942. The highest BCUT2D eigenvalue weighted by Gasteiger charge is 2.14. The van der Waals surface area contributed by atoms with Crippen molar-refractivity contribution in [2.24, 2.45) is 5.73 Å². The summed E-state index contributed by atoms with van der Waals surface area (Å²) in [5, 5.41) is 0. The van der Waals surface area contributed by atoms with Gasteiger partial charge in [0.05, 0.1) is 0 Å². The molecule has 0 aromatic heterocycles. The Kier molecular flexibility index (Phi) is 4.68. The number of nitrogens with two attached hydrogens (primary N) is 1. The molecular formula is C12H18BrNS. The van der Waals surface area contributed by atoms with E-state index in [0.29, 0.717) is 6.54 Å². The highest BCUT2D eigenvalue weighted by Crippen LogP contribution is 2.35. The van der Waals surface area contributed by atoms with Crippen molar-refractivity contribution < 1.29 is 0 Å². The van der Waals surface area contributed by atoms with Gasteiger partial charge < -0.3 is 5.73 Å². The normalized spacial score (nSPS) is 11.8. The minimum atomic E-state index is 0.247. The molecule has 1 aromatic rings. The lowest BCUT2D eigenvalue weighted by Crippen LogP contribution is -2.09. The van der Waals surface area contributed by atoms with E-state index in [0.717, 1.165) is 10.9 Å². The van der Waals surface area contributed by atoms with Crippen LogP contribution < -0.4 is 5.73 Å². The highest BCUT2D eigenvalue weighted by atomic mass is 79.9. The summed E-state index contributed by atoms with van der Waals surface area (Å²) in [7, 11) is 0. The van der Waals surface area contributed by atoms with E-state index < -0.39 is 0 Å². The van der Waals surface area contributed by atoms with Crippen molar-refractivity contribution in [3.63, 3.8) is 0 Å². The second-order valence-electron chi connectivity index (χ2n) is 4.51. The molecule has 3 heteroatoms. The monoisotopic (exact) mass is 287 g/mol. The van der Waals surface area contributed by atoms with Gasteiger partial charge in [0.2, 0.25) is 0 Å². The van der Waals surface area contributed by atoms with Gasteiger partial charge in [0.1, 0.15) is 0 Å². The quantitative estimate of drug-likeness (QED) is 0.855. The first kappa shape index (κ1) is 13.1. The lowest BCUT2D eigenvalue weighted by Gasteiger charge is -2.20. The van der Waals surface area contributed by atoms with Gasteiger partial charge in [0.15, 0.2) is 0 Å². The van der Waals surface area contributed by atoms with E-state index >= 15 is 0 Å². The molecule has 0 aliphatic rings. The molecule has 0 radical (unpaired) electrons. The lowest BCUT2D eigenvalue weighted by molar-refractivity contribution is 0.800. The lowest BCUT2D eigenvalue weighted by atomic mass is 10.1. The van der Waals surface area contributed by atoms with Crippen LogP contribution in [0.5, 0.6) is 0 Å². The third-order valence-corrected chi connectivity index (χ3v) is 3.58. The van der Waals surface area contributed by atoms with Gasteiger partial charge in [-0.3, -0.25) is 0 Å². The van der Waals surface area contributed by atoms with Crippen LogP contribution in [0.2, 0.25) is 0 Å². The summed E-state index contributed by atoms with van der Waals surface area (Å²) < 4.78 is 1.38. The standard InChI is InChI=1S/C12H18BrNS/c1-12(2,3)15-11-5-4-10(13)8-9(11)6-7-14/h4-5,8H,6-7,14H2,1-3H3. The Morgan fingerprint density at radius 2 is 2.00 bits per heavy atom. The fourth-order valence-corrected chi connectivity index (χ4v) is 2.82. The van der Waals surface area contributed by atoms with E-state index in [4.69, 9.17) is 5.73 Å². The Labute approximate surface area is 105 Å². The van der Waals surface area contributed by atoms with Gasteiger partial charge >= 0.3 is 0 Å². The van der Waals surface area contributed by atoms with Crippen LogP contribution in [0.3, 0.4) is 0 Å². The van der Waals surface area contributed by atoms with Crippen LogP contribution in [0.4, 0.5) is 0 Å². The van der Waals surface area contributed by atoms with Gasteiger partial charge in [0.25, 0.3) is 0 Å². The molecule has 2 N–H and O–H groups in total. The number of rotatable bonds is 3. The fraction of sp³-hybridized carbons (Fsp3) is 0.500. The first-order valence-electron chi connectivity index (χ1n) is 5.10. The van der Waals surface area contributed by atoms with Crippen molar-refractivity contribution in [1.82, 2.24) is 0 Å². The average molecular weight is 288 g/mol. The van der Waals surface area contributed by atoms with Crippen molar-refractivity contribution >= 4 is 27.7 Å². The van der Waals surface area contributed by atoms with Gasteiger partial charge in [-0.1, -0.05) is 36.7 Å². The van der Waals surface area contributed by atoms with E-state index in [1.165, 1.54) is 10.5 Å². The van der Waals surface area contributed by atoms with E-state index in [2.05, 4.69) is 54.9 Å². The number of benzene rings is 1. The third-order valence-electron chi connectivity index (χ3n) is 1.85. The summed E-state index contributed by atoms with van der Waals surface area (Å²) in [5.74, 6) is 0. The summed E-state index contributed by atoms with van der Waals surface area (Å²) in [6, 6.07) is 6.43. The molecule has 0 heterocycles. The van der Waals surface area contributed by atoms with Gasteiger partial charge in [-0.2, -0.15) is 0 Å². The first-order valence-corrected chi connectivity index (χ1v) is 6.71. The number of thioether (sulfide) groups is 1.